The van der Waals surface area contributed by atoms with Crippen LogP contribution in [0.25, 0.3) is 16.7 Å². The van der Waals surface area contributed by atoms with Crippen molar-refractivity contribution < 1.29 is 8.42 Å². The summed E-state index contributed by atoms with van der Waals surface area (Å²) in [5, 5.41) is 0. The van der Waals surface area contributed by atoms with E-state index in [0.717, 1.165) is 15.7 Å². The molecule has 0 saturated heterocycles. The first kappa shape index (κ1) is 14.5. The monoisotopic (exact) mass is 382 g/mol. The standard InChI is InChI=1S/C14H11BrN2O2S2/c1-21(18,19)12-7-3-6-11-13(12)16-14(20)17(11)10-5-2-4-9(15)8-10/h2-8H,1H3,(H,16,20). The Bertz CT molecular complexity index is 1000. The van der Waals surface area contributed by atoms with Gasteiger partial charge >= 0.3 is 0 Å². The lowest BCUT2D eigenvalue weighted by molar-refractivity contribution is 0.602. The Morgan fingerprint density at radius 3 is 2.57 bits per heavy atom. The van der Waals surface area contributed by atoms with Gasteiger partial charge in [0, 0.05) is 16.4 Å². The molecule has 1 heterocycles. The van der Waals surface area contributed by atoms with Crippen molar-refractivity contribution in [2.45, 2.75) is 4.90 Å². The molecule has 108 valence electrons. The van der Waals surface area contributed by atoms with Crippen LogP contribution in [0.2, 0.25) is 0 Å². The number of H-pyrrole nitrogens is 1. The van der Waals surface area contributed by atoms with E-state index in [4.69, 9.17) is 12.2 Å². The lowest BCUT2D eigenvalue weighted by atomic mass is 10.3. The Labute approximate surface area is 135 Å². The van der Waals surface area contributed by atoms with E-state index < -0.39 is 9.84 Å². The second-order valence-corrected chi connectivity index (χ2v) is 7.95. The van der Waals surface area contributed by atoms with Gasteiger partial charge in [-0.1, -0.05) is 28.1 Å². The Morgan fingerprint density at radius 1 is 1.19 bits per heavy atom. The zero-order valence-corrected chi connectivity index (χ0v) is 14.2. The minimum absolute atomic E-state index is 0.250. The van der Waals surface area contributed by atoms with Gasteiger partial charge in [-0.3, -0.25) is 4.57 Å². The summed E-state index contributed by atoms with van der Waals surface area (Å²) in [7, 11) is -3.32. The molecule has 21 heavy (non-hydrogen) atoms. The van der Waals surface area contributed by atoms with Crippen LogP contribution in [0.15, 0.2) is 51.8 Å². The molecule has 4 nitrogen and oxygen atoms in total. The highest BCUT2D eigenvalue weighted by molar-refractivity contribution is 9.10. The Balaban J connectivity index is 2.42. The van der Waals surface area contributed by atoms with E-state index in [-0.39, 0.29) is 4.90 Å². The maximum Gasteiger partial charge on any atom is 0.182 e. The van der Waals surface area contributed by atoms with Gasteiger partial charge in [0.1, 0.15) is 0 Å². The van der Waals surface area contributed by atoms with Gasteiger partial charge in [0.2, 0.25) is 0 Å². The summed E-state index contributed by atoms with van der Waals surface area (Å²) < 4.78 is 27.0. The van der Waals surface area contributed by atoms with Crippen LogP contribution in [0.5, 0.6) is 0 Å². The highest BCUT2D eigenvalue weighted by Gasteiger charge is 2.16. The summed E-state index contributed by atoms with van der Waals surface area (Å²) in [5.74, 6) is 0. The molecule has 0 fully saturated rings. The summed E-state index contributed by atoms with van der Waals surface area (Å²) >= 11 is 8.79. The van der Waals surface area contributed by atoms with E-state index >= 15 is 0 Å². The van der Waals surface area contributed by atoms with Gasteiger partial charge in [-0.05, 0) is 42.5 Å². The van der Waals surface area contributed by atoms with Crippen molar-refractivity contribution in [1.82, 2.24) is 9.55 Å². The van der Waals surface area contributed by atoms with Crippen LogP contribution in [-0.2, 0) is 9.84 Å². The molecule has 0 aliphatic heterocycles. The van der Waals surface area contributed by atoms with Crippen LogP contribution >= 0.6 is 28.1 Å². The third kappa shape index (κ3) is 2.56. The maximum absolute atomic E-state index is 11.9. The van der Waals surface area contributed by atoms with E-state index in [2.05, 4.69) is 20.9 Å². The number of aromatic nitrogens is 2. The number of fused-ring (bicyclic) bond motifs is 1. The molecule has 0 aliphatic rings. The largest absolute Gasteiger partial charge is 0.329 e. The van der Waals surface area contributed by atoms with E-state index in [0.29, 0.717) is 10.3 Å². The molecular formula is C14H11BrN2O2S2. The number of nitrogens with one attached hydrogen (secondary N) is 1. The molecule has 2 aromatic carbocycles. The van der Waals surface area contributed by atoms with Crippen LogP contribution in [-0.4, -0.2) is 24.2 Å². The molecular weight excluding hydrogens is 372 g/mol. The summed E-state index contributed by atoms with van der Waals surface area (Å²) in [6, 6.07) is 12.8. The SMILES string of the molecule is CS(=O)(=O)c1cccc2c1[nH]c(=S)n2-c1cccc(Br)c1. The fourth-order valence-corrected chi connectivity index (χ4v) is 3.83. The third-order valence-electron chi connectivity index (χ3n) is 3.15. The number of hydrogen-bond donors (Lipinski definition) is 1. The summed E-state index contributed by atoms with van der Waals surface area (Å²) in [6.07, 6.45) is 1.19. The average molecular weight is 383 g/mol. The lowest BCUT2D eigenvalue weighted by Gasteiger charge is -2.06. The molecule has 0 unspecified atom stereocenters. The quantitative estimate of drug-likeness (QED) is 0.684. The van der Waals surface area contributed by atoms with Crippen LogP contribution < -0.4 is 0 Å². The normalized spacial score (nSPS) is 11.9. The predicted octanol–water partition coefficient (Wildman–Crippen LogP) is 3.85. The van der Waals surface area contributed by atoms with Gasteiger partial charge in [0.25, 0.3) is 0 Å². The van der Waals surface area contributed by atoms with Gasteiger partial charge in [0.15, 0.2) is 14.6 Å². The minimum atomic E-state index is -3.32. The minimum Gasteiger partial charge on any atom is -0.329 e. The fourth-order valence-electron chi connectivity index (χ4n) is 2.28. The van der Waals surface area contributed by atoms with Crippen molar-refractivity contribution >= 4 is 49.0 Å². The topological polar surface area (TPSA) is 54.9 Å². The first-order valence-corrected chi connectivity index (χ1v) is 9.17. The number of imidazole rings is 1. The fraction of sp³-hybridized carbons (Fsp3) is 0.0714. The number of halogens is 1. The molecule has 1 aromatic heterocycles. The molecule has 0 aliphatic carbocycles. The summed E-state index contributed by atoms with van der Waals surface area (Å²) in [4.78, 5) is 3.25. The Morgan fingerprint density at radius 2 is 1.90 bits per heavy atom. The van der Waals surface area contributed by atoms with E-state index in [1.807, 2.05) is 34.9 Å². The van der Waals surface area contributed by atoms with E-state index in [9.17, 15) is 8.42 Å². The smallest absolute Gasteiger partial charge is 0.182 e. The Kier molecular flexibility index (Phi) is 3.51. The summed E-state index contributed by atoms with van der Waals surface area (Å²) in [5.41, 5.74) is 2.14. The highest BCUT2D eigenvalue weighted by Crippen LogP contribution is 2.26. The molecule has 0 spiro atoms. The van der Waals surface area contributed by atoms with E-state index in [1.165, 1.54) is 6.26 Å². The molecule has 3 rings (SSSR count). The van der Waals surface area contributed by atoms with Crippen LogP contribution in [0.1, 0.15) is 0 Å². The van der Waals surface area contributed by atoms with Crippen LogP contribution in [0.4, 0.5) is 0 Å². The average Bonchev–Trinajstić information content (AvgIpc) is 2.73. The number of rotatable bonds is 2. The molecule has 0 bridgehead atoms. The lowest BCUT2D eigenvalue weighted by Crippen LogP contribution is -1.98. The number of sulfone groups is 1. The van der Waals surface area contributed by atoms with Gasteiger partial charge in [0.05, 0.1) is 15.9 Å². The number of nitrogens with zero attached hydrogens (tertiary/aromatic N) is 1. The maximum atomic E-state index is 11.9. The zero-order chi connectivity index (χ0) is 15.2. The number of benzene rings is 2. The van der Waals surface area contributed by atoms with Crippen molar-refractivity contribution in [1.29, 1.82) is 0 Å². The Hall–Kier alpha value is -1.44. The van der Waals surface area contributed by atoms with Crippen molar-refractivity contribution in [2.24, 2.45) is 0 Å². The van der Waals surface area contributed by atoms with Crippen molar-refractivity contribution in [3.8, 4) is 5.69 Å². The zero-order valence-electron chi connectivity index (χ0n) is 11.0. The molecule has 0 atom stereocenters. The molecule has 0 amide bonds. The number of hydrogen-bond acceptors (Lipinski definition) is 3. The van der Waals surface area contributed by atoms with Gasteiger partial charge in [-0.25, -0.2) is 8.42 Å². The highest BCUT2D eigenvalue weighted by atomic mass is 79.9. The molecule has 3 aromatic rings. The molecule has 1 N–H and O–H groups in total. The number of para-hydroxylation sites is 1. The second kappa shape index (κ2) is 5.08. The first-order chi connectivity index (χ1) is 9.88. The first-order valence-electron chi connectivity index (χ1n) is 6.08. The predicted molar refractivity (Wildman–Crippen MR) is 89.3 cm³/mol. The molecule has 7 heteroatoms. The summed E-state index contributed by atoms with van der Waals surface area (Å²) in [6.45, 7) is 0. The second-order valence-electron chi connectivity index (χ2n) is 4.67. The van der Waals surface area contributed by atoms with Gasteiger partial charge in [-0.2, -0.15) is 0 Å². The van der Waals surface area contributed by atoms with Gasteiger partial charge in [-0.15, -0.1) is 0 Å². The van der Waals surface area contributed by atoms with Gasteiger partial charge < -0.3 is 4.98 Å². The van der Waals surface area contributed by atoms with Crippen molar-refractivity contribution in [3.05, 3.63) is 51.7 Å². The molecule has 0 saturated carbocycles. The van der Waals surface area contributed by atoms with Crippen LogP contribution in [0, 0.1) is 4.77 Å². The van der Waals surface area contributed by atoms with Crippen LogP contribution in [0.3, 0.4) is 0 Å². The van der Waals surface area contributed by atoms with Crippen molar-refractivity contribution in [3.63, 3.8) is 0 Å². The van der Waals surface area contributed by atoms with E-state index in [1.54, 1.807) is 12.1 Å². The molecule has 0 radical (unpaired) electrons. The van der Waals surface area contributed by atoms with Crippen molar-refractivity contribution in [2.75, 3.05) is 6.26 Å². The number of aromatic amines is 1. The third-order valence-corrected chi connectivity index (χ3v) is 5.06.